The van der Waals surface area contributed by atoms with Crippen LogP contribution >= 0.6 is 0 Å². The van der Waals surface area contributed by atoms with Gasteiger partial charge in [0.25, 0.3) is 0 Å². The number of nitrogens with one attached hydrogen (secondary N) is 2. The number of ether oxygens (including phenoxy) is 6. The van der Waals surface area contributed by atoms with Gasteiger partial charge in [-0.05, 0) is 25.3 Å². The summed E-state index contributed by atoms with van der Waals surface area (Å²) in [5.41, 5.74) is 8.46. The van der Waals surface area contributed by atoms with Crippen LogP contribution in [0.3, 0.4) is 0 Å². The highest BCUT2D eigenvalue weighted by Crippen LogP contribution is 2.38. The van der Waals surface area contributed by atoms with Crippen molar-refractivity contribution in [1.29, 1.82) is 0 Å². The highest BCUT2D eigenvalue weighted by atomic mass is 16.8. The number of carbonyl (C=O) groups excluding carboxylic acids is 2. The zero-order chi connectivity index (χ0) is 37.3. The van der Waals surface area contributed by atoms with Crippen molar-refractivity contribution in [2.75, 3.05) is 26.4 Å². The second-order valence-corrected chi connectivity index (χ2v) is 12.7. The van der Waals surface area contributed by atoms with Crippen LogP contribution in [0, 0.1) is 0 Å². The summed E-state index contributed by atoms with van der Waals surface area (Å²) in [6.07, 6.45) is -20.1. The Morgan fingerprint density at radius 2 is 1.58 bits per heavy atom. The number of hydrogen-bond acceptors (Lipinski definition) is 17. The number of azide groups is 1. The van der Waals surface area contributed by atoms with E-state index in [2.05, 4.69) is 20.7 Å². The van der Waals surface area contributed by atoms with E-state index >= 15 is 0 Å². The van der Waals surface area contributed by atoms with E-state index in [1.54, 1.807) is 6.92 Å². The molecule has 288 valence electrons. The molecular weight excluding hydrogens is 674 g/mol. The molecule has 0 aliphatic carbocycles. The molecule has 3 heterocycles. The Morgan fingerprint density at radius 3 is 2.16 bits per heavy atom. The van der Waals surface area contributed by atoms with Gasteiger partial charge in [-0.15, -0.1) is 0 Å². The van der Waals surface area contributed by atoms with Gasteiger partial charge in [-0.25, -0.2) is 0 Å². The Hall–Kier alpha value is -2.31. The second kappa shape index (κ2) is 19.0. The average Bonchev–Trinajstić information content (AvgIpc) is 3.06. The number of amides is 2. The summed E-state index contributed by atoms with van der Waals surface area (Å²) >= 11 is 0. The summed E-state index contributed by atoms with van der Waals surface area (Å²) in [6.45, 7) is 3.84. The third-order valence-corrected chi connectivity index (χ3v) is 8.72. The van der Waals surface area contributed by atoms with E-state index in [-0.39, 0.29) is 32.4 Å². The third kappa shape index (κ3) is 10.4. The number of aliphatic hydroxyl groups is 8. The molecule has 3 rings (SSSR count). The molecule has 3 aliphatic heterocycles. The summed E-state index contributed by atoms with van der Waals surface area (Å²) in [7, 11) is 0. The molecule has 0 radical (unpaired) electrons. The first-order valence-electron chi connectivity index (χ1n) is 16.4. The number of aliphatic hydroxyl groups excluding tert-OH is 8. The monoisotopic (exact) mass is 725 g/mol. The van der Waals surface area contributed by atoms with E-state index in [1.807, 2.05) is 0 Å². The SMILES string of the molecule is CC[C@@H](O)[C@@H](O)C1O[C@](C)(O[C@@H]2C(O)[C@H](O[C@@H]3C(CO)O[C@@H](OCCCN=[N+]=[N-])C(NC(C)=O)[C@H]3O)OC(CO)[C@@H]2O)C[C@@H](O)[C@H]1NC(C)=O. The normalized spacial score (nSPS) is 40.3. The Balaban J connectivity index is 1.85. The summed E-state index contributed by atoms with van der Waals surface area (Å²) in [5, 5.41) is 94.7. The minimum atomic E-state index is -1.90. The van der Waals surface area contributed by atoms with Gasteiger partial charge >= 0.3 is 0 Å². The third-order valence-electron chi connectivity index (χ3n) is 8.72. The van der Waals surface area contributed by atoms with Crippen LogP contribution in [0.5, 0.6) is 0 Å². The highest BCUT2D eigenvalue weighted by Gasteiger charge is 2.56. The Kier molecular flexibility index (Phi) is 16.0. The van der Waals surface area contributed by atoms with Crippen molar-refractivity contribution >= 4 is 11.8 Å². The fraction of sp³-hybridized carbons (Fsp3) is 0.931. The number of rotatable bonds is 16. The van der Waals surface area contributed by atoms with Crippen molar-refractivity contribution in [3.8, 4) is 0 Å². The zero-order valence-corrected chi connectivity index (χ0v) is 28.3. The summed E-state index contributed by atoms with van der Waals surface area (Å²) in [4.78, 5) is 26.5. The fourth-order valence-electron chi connectivity index (χ4n) is 6.26. The van der Waals surface area contributed by atoms with Gasteiger partial charge in [0, 0.05) is 38.3 Å². The maximum absolute atomic E-state index is 12.0. The first-order chi connectivity index (χ1) is 23.6. The molecule has 21 nitrogen and oxygen atoms in total. The molecule has 0 aromatic heterocycles. The van der Waals surface area contributed by atoms with Crippen molar-refractivity contribution in [3.05, 3.63) is 10.4 Å². The van der Waals surface area contributed by atoms with Crippen LogP contribution in [-0.4, -0.2) is 177 Å². The smallest absolute Gasteiger partial charge is 0.217 e. The molecule has 2 amide bonds. The molecule has 21 heteroatoms. The predicted octanol–water partition coefficient (Wildman–Crippen LogP) is -4.00. The van der Waals surface area contributed by atoms with E-state index in [1.165, 1.54) is 20.8 Å². The summed E-state index contributed by atoms with van der Waals surface area (Å²) in [5.74, 6) is -3.01. The number of nitrogens with zero attached hydrogens (tertiary/aromatic N) is 3. The van der Waals surface area contributed by atoms with Crippen LogP contribution in [0.4, 0.5) is 0 Å². The lowest BCUT2D eigenvalue weighted by atomic mass is 9.88. The molecule has 5 unspecified atom stereocenters. The largest absolute Gasteiger partial charge is 0.394 e. The molecule has 0 saturated carbocycles. The lowest BCUT2D eigenvalue weighted by molar-refractivity contribution is -0.385. The first-order valence-corrected chi connectivity index (χ1v) is 16.4. The van der Waals surface area contributed by atoms with Crippen LogP contribution < -0.4 is 10.6 Å². The Morgan fingerprint density at radius 1 is 0.960 bits per heavy atom. The second-order valence-electron chi connectivity index (χ2n) is 12.7. The van der Waals surface area contributed by atoms with Crippen molar-refractivity contribution in [3.63, 3.8) is 0 Å². The van der Waals surface area contributed by atoms with Crippen molar-refractivity contribution in [2.45, 2.75) is 145 Å². The van der Waals surface area contributed by atoms with E-state index < -0.39 is 123 Å². The van der Waals surface area contributed by atoms with E-state index in [9.17, 15) is 50.4 Å². The van der Waals surface area contributed by atoms with Crippen LogP contribution in [0.2, 0.25) is 0 Å². The summed E-state index contributed by atoms with van der Waals surface area (Å²) < 4.78 is 35.1. The molecule has 16 atom stereocenters. The lowest BCUT2D eigenvalue weighted by Crippen LogP contribution is -2.69. The number of carbonyl (C=O) groups is 2. The molecule has 3 saturated heterocycles. The van der Waals surface area contributed by atoms with Gasteiger partial charge < -0.3 is 79.9 Å². The van der Waals surface area contributed by atoms with Crippen LogP contribution in [-0.2, 0) is 38.0 Å². The van der Waals surface area contributed by atoms with Gasteiger partial charge in [0.2, 0.25) is 11.8 Å². The Bertz CT molecular complexity index is 1150. The van der Waals surface area contributed by atoms with Gasteiger partial charge in [0.1, 0.15) is 61.0 Å². The molecular formula is C29H51N5O16. The quantitative estimate of drug-likeness (QED) is 0.0314. The van der Waals surface area contributed by atoms with Crippen LogP contribution in [0.15, 0.2) is 5.11 Å². The molecule has 0 bridgehead atoms. The standard InChI is InChI=1S/C29H51N5O16/c1-5-14(39)20(41)25-18(32-12(2)37)15(40)9-29(4,49-25)50-26-21(42)16(10-35)46-28(23(26)44)48-24-17(11-36)47-27(45-8-6-7-31-34-30)19(22(24)43)33-13(3)38/h14-28,35-36,39-44H,5-11H2,1-4H3,(H,32,37)(H,33,38)/t14-,15-,16?,17?,18-,19?,20-,21+,22-,23?,24-,25?,26+,27-,28+,29-/m1/s1. The summed E-state index contributed by atoms with van der Waals surface area (Å²) in [6, 6.07) is -2.44. The van der Waals surface area contributed by atoms with Crippen molar-refractivity contribution in [2.24, 2.45) is 5.11 Å². The first kappa shape index (κ1) is 42.1. The topological polar surface area (TPSA) is 324 Å². The molecule has 10 N–H and O–H groups in total. The average molecular weight is 726 g/mol. The van der Waals surface area contributed by atoms with Gasteiger partial charge in [0.15, 0.2) is 18.4 Å². The van der Waals surface area contributed by atoms with E-state index in [4.69, 9.17) is 34.0 Å². The molecule has 0 spiro atoms. The lowest BCUT2D eigenvalue weighted by Gasteiger charge is -2.51. The van der Waals surface area contributed by atoms with Gasteiger partial charge in [-0.3, -0.25) is 9.59 Å². The van der Waals surface area contributed by atoms with Crippen molar-refractivity contribution in [1.82, 2.24) is 10.6 Å². The molecule has 50 heavy (non-hydrogen) atoms. The molecule has 0 aromatic rings. The zero-order valence-electron chi connectivity index (χ0n) is 28.3. The molecule has 3 fully saturated rings. The molecule has 0 aromatic carbocycles. The van der Waals surface area contributed by atoms with Gasteiger partial charge in [-0.2, -0.15) is 0 Å². The molecule has 3 aliphatic rings. The minimum Gasteiger partial charge on any atom is -0.394 e. The minimum absolute atomic E-state index is 0.00785. The van der Waals surface area contributed by atoms with E-state index in [0.29, 0.717) is 0 Å². The maximum atomic E-state index is 12.0. The van der Waals surface area contributed by atoms with Crippen LogP contribution in [0.25, 0.3) is 10.4 Å². The number of hydrogen-bond donors (Lipinski definition) is 10. The van der Waals surface area contributed by atoms with Crippen LogP contribution in [0.1, 0.15) is 47.0 Å². The van der Waals surface area contributed by atoms with Crippen molar-refractivity contribution < 1.29 is 78.9 Å². The van der Waals surface area contributed by atoms with E-state index in [0.717, 1.165) is 0 Å². The maximum Gasteiger partial charge on any atom is 0.217 e. The van der Waals surface area contributed by atoms with Gasteiger partial charge in [-0.1, -0.05) is 12.0 Å². The Labute approximate surface area is 288 Å². The van der Waals surface area contributed by atoms with Gasteiger partial charge in [0.05, 0.1) is 31.5 Å². The highest BCUT2D eigenvalue weighted by molar-refractivity contribution is 5.73. The predicted molar refractivity (Wildman–Crippen MR) is 165 cm³/mol. The fourth-order valence-corrected chi connectivity index (χ4v) is 6.26.